The summed E-state index contributed by atoms with van der Waals surface area (Å²) >= 11 is 2.80. The van der Waals surface area contributed by atoms with E-state index in [-0.39, 0.29) is 6.61 Å². The molecule has 0 radical (unpaired) electrons. The molecule has 148 valence electrons. The summed E-state index contributed by atoms with van der Waals surface area (Å²) in [4.78, 5) is 38.7. The number of carbonyl (C=O) groups is 3. The van der Waals surface area contributed by atoms with Gasteiger partial charge in [0, 0.05) is 9.75 Å². The lowest BCUT2D eigenvalue weighted by molar-refractivity contribution is -0.136. The molecule has 7 nitrogen and oxygen atoms in total. The van der Waals surface area contributed by atoms with Crippen LogP contribution in [0.15, 0.2) is 22.6 Å². The van der Waals surface area contributed by atoms with Gasteiger partial charge in [0.2, 0.25) is 0 Å². The molecule has 0 aliphatic heterocycles. The first kappa shape index (κ1) is 20.2. The third kappa shape index (κ3) is 4.66. The van der Waals surface area contributed by atoms with Crippen LogP contribution < -0.4 is 10.7 Å². The molecule has 2 aromatic rings. The Labute approximate surface area is 170 Å². The van der Waals surface area contributed by atoms with Crippen molar-refractivity contribution in [1.29, 1.82) is 0 Å². The van der Waals surface area contributed by atoms with E-state index in [2.05, 4.69) is 22.8 Å². The fourth-order valence-electron chi connectivity index (χ4n) is 2.99. The van der Waals surface area contributed by atoms with Crippen molar-refractivity contribution >= 4 is 51.7 Å². The number of anilines is 1. The SMILES string of the molecule is CCOC(=O)c1c(NC(=O)C(=O)N/N=C\c2cccs2)sc2c1CC[C@H](C)C2. The van der Waals surface area contributed by atoms with Gasteiger partial charge in [-0.15, -0.1) is 22.7 Å². The maximum Gasteiger partial charge on any atom is 0.341 e. The normalized spacial score (nSPS) is 15.9. The number of nitrogens with one attached hydrogen (secondary N) is 2. The average molecular weight is 420 g/mol. The molecule has 1 aliphatic rings. The number of rotatable bonds is 5. The van der Waals surface area contributed by atoms with Crippen LogP contribution in [-0.4, -0.2) is 30.6 Å². The van der Waals surface area contributed by atoms with Crippen LogP contribution in [0.25, 0.3) is 0 Å². The smallest absolute Gasteiger partial charge is 0.341 e. The minimum atomic E-state index is -0.901. The van der Waals surface area contributed by atoms with Crippen LogP contribution >= 0.6 is 22.7 Å². The summed E-state index contributed by atoms with van der Waals surface area (Å²) in [5, 5.41) is 8.58. The van der Waals surface area contributed by atoms with E-state index in [0.29, 0.717) is 16.5 Å². The molecule has 9 heteroatoms. The van der Waals surface area contributed by atoms with Crippen LogP contribution in [0.2, 0.25) is 0 Å². The summed E-state index contributed by atoms with van der Waals surface area (Å²) in [7, 11) is 0. The van der Waals surface area contributed by atoms with E-state index in [1.807, 2.05) is 17.5 Å². The molecular formula is C19H21N3O4S2. The minimum Gasteiger partial charge on any atom is -0.462 e. The number of carbonyl (C=O) groups excluding carboxylic acids is 3. The van der Waals surface area contributed by atoms with E-state index >= 15 is 0 Å². The van der Waals surface area contributed by atoms with Crippen molar-refractivity contribution < 1.29 is 19.1 Å². The molecule has 2 N–H and O–H groups in total. The number of thiophene rings is 2. The molecule has 0 bridgehead atoms. The number of hydrazone groups is 1. The zero-order chi connectivity index (χ0) is 20.1. The summed E-state index contributed by atoms with van der Waals surface area (Å²) in [6.45, 7) is 4.13. The third-order valence-corrected chi connectivity index (χ3v) is 6.30. The van der Waals surface area contributed by atoms with Gasteiger partial charge in [0.05, 0.1) is 18.4 Å². The van der Waals surface area contributed by atoms with Gasteiger partial charge in [-0.2, -0.15) is 5.10 Å². The highest BCUT2D eigenvalue weighted by atomic mass is 32.1. The average Bonchev–Trinajstić information content (AvgIpc) is 3.28. The molecule has 0 spiro atoms. The highest BCUT2D eigenvalue weighted by Gasteiger charge is 2.30. The Morgan fingerprint density at radius 3 is 2.89 bits per heavy atom. The Balaban J connectivity index is 1.74. The Morgan fingerprint density at radius 1 is 1.36 bits per heavy atom. The van der Waals surface area contributed by atoms with E-state index in [1.54, 1.807) is 6.92 Å². The van der Waals surface area contributed by atoms with E-state index < -0.39 is 17.8 Å². The topological polar surface area (TPSA) is 96.9 Å². The monoisotopic (exact) mass is 419 g/mol. The predicted octanol–water partition coefficient (Wildman–Crippen LogP) is 3.20. The number of hydrogen-bond acceptors (Lipinski definition) is 7. The fourth-order valence-corrected chi connectivity index (χ4v) is 4.97. The molecule has 0 unspecified atom stereocenters. The van der Waals surface area contributed by atoms with Gasteiger partial charge in [-0.1, -0.05) is 13.0 Å². The van der Waals surface area contributed by atoms with Crippen LogP contribution in [0.5, 0.6) is 0 Å². The van der Waals surface area contributed by atoms with Crippen molar-refractivity contribution in [3.63, 3.8) is 0 Å². The molecule has 2 aromatic heterocycles. The van der Waals surface area contributed by atoms with Gasteiger partial charge in [0.15, 0.2) is 0 Å². The second-order valence-electron chi connectivity index (χ2n) is 6.45. The number of esters is 1. The molecular weight excluding hydrogens is 398 g/mol. The lowest BCUT2D eigenvalue weighted by Gasteiger charge is -2.18. The van der Waals surface area contributed by atoms with Gasteiger partial charge in [0.25, 0.3) is 0 Å². The largest absolute Gasteiger partial charge is 0.462 e. The molecule has 0 saturated carbocycles. The Morgan fingerprint density at radius 2 is 2.18 bits per heavy atom. The molecule has 1 aliphatic carbocycles. The molecule has 2 amide bonds. The second kappa shape index (κ2) is 9.11. The van der Waals surface area contributed by atoms with E-state index in [0.717, 1.165) is 34.6 Å². The van der Waals surface area contributed by atoms with Crippen molar-refractivity contribution in [2.24, 2.45) is 11.0 Å². The molecule has 1 atom stereocenters. The van der Waals surface area contributed by atoms with Crippen LogP contribution in [0, 0.1) is 5.92 Å². The van der Waals surface area contributed by atoms with Crippen molar-refractivity contribution in [3.8, 4) is 0 Å². The number of hydrogen-bond donors (Lipinski definition) is 2. The van der Waals surface area contributed by atoms with Gasteiger partial charge < -0.3 is 10.1 Å². The summed E-state index contributed by atoms with van der Waals surface area (Å²) in [5.74, 6) is -1.73. The highest BCUT2D eigenvalue weighted by Crippen LogP contribution is 2.40. The first-order chi connectivity index (χ1) is 13.5. The van der Waals surface area contributed by atoms with Crippen molar-refractivity contribution in [2.75, 3.05) is 11.9 Å². The quantitative estimate of drug-likeness (QED) is 0.337. The van der Waals surface area contributed by atoms with Gasteiger partial charge in [-0.3, -0.25) is 9.59 Å². The van der Waals surface area contributed by atoms with Crippen molar-refractivity contribution in [1.82, 2.24) is 5.43 Å². The van der Waals surface area contributed by atoms with Crippen LogP contribution in [0.4, 0.5) is 5.00 Å². The zero-order valence-corrected chi connectivity index (χ0v) is 17.2. The maximum atomic E-state index is 12.4. The van der Waals surface area contributed by atoms with Crippen molar-refractivity contribution in [2.45, 2.75) is 33.1 Å². The molecule has 0 fully saturated rings. The van der Waals surface area contributed by atoms with Gasteiger partial charge in [0.1, 0.15) is 5.00 Å². The summed E-state index contributed by atoms with van der Waals surface area (Å²) in [5.41, 5.74) is 3.49. The van der Waals surface area contributed by atoms with Gasteiger partial charge >= 0.3 is 17.8 Å². The second-order valence-corrected chi connectivity index (χ2v) is 8.53. The highest BCUT2D eigenvalue weighted by molar-refractivity contribution is 7.17. The molecule has 28 heavy (non-hydrogen) atoms. The fraction of sp³-hybridized carbons (Fsp3) is 0.368. The predicted molar refractivity (Wildman–Crippen MR) is 110 cm³/mol. The Kier molecular flexibility index (Phi) is 6.58. The minimum absolute atomic E-state index is 0.241. The summed E-state index contributed by atoms with van der Waals surface area (Å²) in [6.07, 6.45) is 4.04. The van der Waals surface area contributed by atoms with Crippen LogP contribution in [0.1, 0.15) is 45.9 Å². The number of fused-ring (bicyclic) bond motifs is 1. The standard InChI is InChI=1S/C19H21N3O4S2/c1-3-26-19(25)15-13-7-6-11(2)9-14(13)28-18(15)21-16(23)17(24)22-20-10-12-5-4-8-27-12/h4-5,8,10-11H,3,6-7,9H2,1-2H3,(H,21,23)(H,22,24)/b20-10-/t11-/m0/s1. The molecule has 0 saturated heterocycles. The lowest BCUT2D eigenvalue weighted by atomic mass is 9.88. The Bertz CT molecular complexity index is 903. The molecule has 3 rings (SSSR count). The first-order valence-corrected chi connectivity index (χ1v) is 10.7. The number of amides is 2. The zero-order valence-electron chi connectivity index (χ0n) is 15.6. The van der Waals surface area contributed by atoms with E-state index in [9.17, 15) is 14.4 Å². The summed E-state index contributed by atoms with van der Waals surface area (Å²) in [6, 6.07) is 3.69. The maximum absolute atomic E-state index is 12.4. The third-order valence-electron chi connectivity index (χ3n) is 4.33. The van der Waals surface area contributed by atoms with Crippen LogP contribution in [-0.2, 0) is 27.2 Å². The molecule has 2 heterocycles. The van der Waals surface area contributed by atoms with E-state index in [1.165, 1.54) is 28.9 Å². The number of ether oxygens (including phenoxy) is 1. The number of nitrogens with zero attached hydrogens (tertiary/aromatic N) is 1. The summed E-state index contributed by atoms with van der Waals surface area (Å²) < 4.78 is 5.16. The van der Waals surface area contributed by atoms with Crippen LogP contribution in [0.3, 0.4) is 0 Å². The molecule has 0 aromatic carbocycles. The van der Waals surface area contributed by atoms with Crippen molar-refractivity contribution in [3.05, 3.63) is 38.4 Å². The van der Waals surface area contributed by atoms with Gasteiger partial charge in [-0.05, 0) is 49.1 Å². The van der Waals surface area contributed by atoms with Gasteiger partial charge in [-0.25, -0.2) is 10.2 Å². The Hall–Kier alpha value is -2.52. The lowest BCUT2D eigenvalue weighted by Crippen LogP contribution is -2.32. The van der Waals surface area contributed by atoms with E-state index in [4.69, 9.17) is 4.74 Å². The first-order valence-electron chi connectivity index (χ1n) is 8.99.